The maximum absolute atomic E-state index is 13.6. The summed E-state index contributed by atoms with van der Waals surface area (Å²) in [5.41, 5.74) is -0.132. The van der Waals surface area contributed by atoms with Crippen LogP contribution in [0.5, 0.6) is 0 Å². The largest absolute Gasteiger partial charge is 0.477 e. The molecule has 3 N–H and O–H groups in total. The third-order valence-corrected chi connectivity index (χ3v) is 3.88. The lowest BCUT2D eigenvalue weighted by atomic mass is 10.2. The second kappa shape index (κ2) is 4.98. The van der Waals surface area contributed by atoms with E-state index in [2.05, 4.69) is 15.5 Å². The van der Waals surface area contributed by atoms with E-state index in [0.29, 0.717) is 15.0 Å². The Morgan fingerprint density at radius 3 is 2.81 bits per heavy atom. The van der Waals surface area contributed by atoms with Crippen molar-refractivity contribution in [2.75, 3.05) is 5.32 Å². The molecule has 1 aromatic carbocycles. The topological polar surface area (TPSA) is 95.1 Å². The first kappa shape index (κ1) is 13.3. The molecule has 0 spiro atoms. The highest BCUT2D eigenvalue weighted by Gasteiger charge is 2.15. The predicted molar refractivity (Wildman–Crippen MR) is 75.3 cm³/mol. The number of benzene rings is 1. The fraction of sp³-hybridized carbons (Fsp3) is 0. The number of carbonyl (C=O) groups is 2. The van der Waals surface area contributed by atoms with E-state index in [9.17, 15) is 14.0 Å². The van der Waals surface area contributed by atoms with Gasteiger partial charge in [-0.2, -0.15) is 5.10 Å². The van der Waals surface area contributed by atoms with Crippen LogP contribution in [-0.4, -0.2) is 27.2 Å². The van der Waals surface area contributed by atoms with Gasteiger partial charge in [-0.3, -0.25) is 9.89 Å². The van der Waals surface area contributed by atoms with Gasteiger partial charge in [0.1, 0.15) is 11.5 Å². The summed E-state index contributed by atoms with van der Waals surface area (Å²) in [6.45, 7) is 0. The molecular weight excluding hydrogens is 297 g/mol. The number of anilines is 1. The zero-order valence-electron chi connectivity index (χ0n) is 10.4. The summed E-state index contributed by atoms with van der Waals surface area (Å²) in [5.74, 6) is -1.95. The number of carboxylic acid groups (broad SMARTS) is 1. The van der Waals surface area contributed by atoms with E-state index >= 15 is 0 Å². The van der Waals surface area contributed by atoms with Gasteiger partial charge in [0.05, 0.1) is 4.88 Å². The molecule has 0 aliphatic rings. The second-order valence-corrected chi connectivity index (χ2v) is 5.27. The quantitative estimate of drug-likeness (QED) is 0.693. The number of nitrogens with one attached hydrogen (secondary N) is 2. The first-order valence-corrected chi connectivity index (χ1v) is 6.64. The van der Waals surface area contributed by atoms with E-state index in [-0.39, 0.29) is 11.5 Å². The van der Waals surface area contributed by atoms with E-state index in [1.807, 2.05) is 0 Å². The fourth-order valence-electron chi connectivity index (χ4n) is 1.81. The Kier molecular flexibility index (Phi) is 3.15. The van der Waals surface area contributed by atoms with E-state index in [1.165, 1.54) is 18.2 Å². The zero-order chi connectivity index (χ0) is 15.0. The minimum absolute atomic E-state index is 0.0929. The van der Waals surface area contributed by atoms with Gasteiger partial charge in [0.2, 0.25) is 0 Å². The Balaban J connectivity index is 1.86. The molecular formula is C13H8FN3O3S. The molecule has 0 bridgehead atoms. The van der Waals surface area contributed by atoms with Crippen molar-refractivity contribution in [1.82, 2.24) is 10.2 Å². The number of hydrogen-bond acceptors (Lipinski definition) is 4. The lowest BCUT2D eigenvalue weighted by Gasteiger charge is -1.97. The molecule has 0 aliphatic carbocycles. The maximum atomic E-state index is 13.6. The van der Waals surface area contributed by atoms with Crippen LogP contribution in [0.25, 0.3) is 10.1 Å². The number of H-pyrrole nitrogens is 1. The van der Waals surface area contributed by atoms with Crippen molar-refractivity contribution in [3.8, 4) is 0 Å². The SMILES string of the molecule is O=C(O)c1cc(NC(=O)c2cc3c(F)cccc3s2)n[nH]1. The van der Waals surface area contributed by atoms with Crippen molar-refractivity contribution in [3.05, 3.63) is 46.7 Å². The lowest BCUT2D eigenvalue weighted by Crippen LogP contribution is -2.10. The average Bonchev–Trinajstić information content (AvgIpc) is 3.05. The Bertz CT molecular complexity index is 855. The number of carboxylic acids is 1. The number of halogens is 1. The van der Waals surface area contributed by atoms with E-state index in [1.54, 1.807) is 12.1 Å². The van der Waals surface area contributed by atoms with Crippen molar-refractivity contribution < 1.29 is 19.1 Å². The smallest absolute Gasteiger partial charge is 0.353 e. The zero-order valence-corrected chi connectivity index (χ0v) is 11.2. The Hall–Kier alpha value is -2.74. The number of thiophene rings is 1. The minimum atomic E-state index is -1.17. The summed E-state index contributed by atoms with van der Waals surface area (Å²) in [6, 6.07) is 7.27. The first-order valence-electron chi connectivity index (χ1n) is 5.83. The Labute approximate surface area is 121 Å². The van der Waals surface area contributed by atoms with Gasteiger partial charge in [-0.05, 0) is 18.2 Å². The van der Waals surface area contributed by atoms with Crippen LogP contribution in [0.4, 0.5) is 10.2 Å². The lowest BCUT2D eigenvalue weighted by molar-refractivity contribution is 0.0690. The Morgan fingerprint density at radius 1 is 1.33 bits per heavy atom. The van der Waals surface area contributed by atoms with Gasteiger partial charge in [-0.1, -0.05) is 6.07 Å². The molecule has 0 saturated carbocycles. The van der Waals surface area contributed by atoms with Gasteiger partial charge >= 0.3 is 5.97 Å². The van der Waals surface area contributed by atoms with Gasteiger partial charge in [-0.15, -0.1) is 11.3 Å². The van der Waals surface area contributed by atoms with Crippen molar-refractivity contribution in [1.29, 1.82) is 0 Å². The van der Waals surface area contributed by atoms with Crippen LogP contribution in [0.2, 0.25) is 0 Å². The summed E-state index contributed by atoms with van der Waals surface area (Å²) in [6.07, 6.45) is 0. The number of hydrogen-bond donors (Lipinski definition) is 3. The van der Waals surface area contributed by atoms with Gasteiger partial charge in [0.25, 0.3) is 5.91 Å². The normalized spacial score (nSPS) is 10.7. The van der Waals surface area contributed by atoms with E-state index < -0.39 is 17.7 Å². The fourth-order valence-corrected chi connectivity index (χ4v) is 2.78. The summed E-state index contributed by atoms with van der Waals surface area (Å²) >= 11 is 1.15. The van der Waals surface area contributed by atoms with Crippen molar-refractivity contribution in [3.63, 3.8) is 0 Å². The van der Waals surface area contributed by atoms with Crippen LogP contribution in [-0.2, 0) is 0 Å². The molecule has 3 aromatic rings. The van der Waals surface area contributed by atoms with Crippen LogP contribution in [0.1, 0.15) is 20.2 Å². The molecule has 21 heavy (non-hydrogen) atoms. The molecule has 2 heterocycles. The number of rotatable bonds is 3. The molecule has 2 aromatic heterocycles. The standard InChI is InChI=1S/C13H8FN3O3S/c14-7-2-1-3-9-6(7)4-10(21-9)12(18)15-11-5-8(13(19)20)16-17-11/h1-5H,(H,19,20)(H2,15,16,17,18). The second-order valence-electron chi connectivity index (χ2n) is 4.19. The predicted octanol–water partition coefficient (Wildman–Crippen LogP) is 2.71. The highest BCUT2D eigenvalue weighted by atomic mass is 32.1. The number of fused-ring (bicyclic) bond motifs is 1. The molecule has 0 fully saturated rings. The molecule has 106 valence electrons. The summed E-state index contributed by atoms with van der Waals surface area (Å²) in [5, 5.41) is 17.5. The number of aromatic amines is 1. The molecule has 0 atom stereocenters. The van der Waals surface area contributed by atoms with Crippen LogP contribution >= 0.6 is 11.3 Å². The van der Waals surface area contributed by atoms with Gasteiger partial charge < -0.3 is 10.4 Å². The van der Waals surface area contributed by atoms with Gasteiger partial charge in [-0.25, -0.2) is 9.18 Å². The first-order chi connectivity index (χ1) is 10.0. The van der Waals surface area contributed by atoms with Crippen LogP contribution in [0, 0.1) is 5.82 Å². The molecule has 1 amide bonds. The number of nitrogens with zero attached hydrogens (tertiary/aromatic N) is 1. The van der Waals surface area contributed by atoms with E-state index in [0.717, 1.165) is 11.3 Å². The van der Waals surface area contributed by atoms with Crippen LogP contribution < -0.4 is 5.32 Å². The number of aromatic nitrogens is 2. The third-order valence-electron chi connectivity index (χ3n) is 2.78. The number of amides is 1. The molecule has 0 aliphatic heterocycles. The van der Waals surface area contributed by atoms with Crippen molar-refractivity contribution in [2.45, 2.75) is 0 Å². The van der Waals surface area contributed by atoms with Crippen LogP contribution in [0.3, 0.4) is 0 Å². The highest BCUT2D eigenvalue weighted by Crippen LogP contribution is 2.28. The Morgan fingerprint density at radius 2 is 2.14 bits per heavy atom. The monoisotopic (exact) mass is 305 g/mol. The molecule has 0 unspecified atom stereocenters. The molecule has 8 heteroatoms. The van der Waals surface area contributed by atoms with Crippen molar-refractivity contribution in [2.24, 2.45) is 0 Å². The van der Waals surface area contributed by atoms with Gasteiger partial charge in [0.15, 0.2) is 5.82 Å². The minimum Gasteiger partial charge on any atom is -0.477 e. The molecule has 3 rings (SSSR count). The maximum Gasteiger partial charge on any atom is 0.353 e. The molecule has 0 radical (unpaired) electrons. The summed E-state index contributed by atoms with van der Waals surface area (Å²) in [4.78, 5) is 23.1. The summed E-state index contributed by atoms with van der Waals surface area (Å²) in [7, 11) is 0. The number of carbonyl (C=O) groups excluding carboxylic acids is 1. The van der Waals surface area contributed by atoms with Crippen LogP contribution in [0.15, 0.2) is 30.3 Å². The highest BCUT2D eigenvalue weighted by molar-refractivity contribution is 7.20. The van der Waals surface area contributed by atoms with Gasteiger partial charge in [0, 0.05) is 16.2 Å². The third kappa shape index (κ3) is 2.48. The molecule has 0 saturated heterocycles. The summed E-state index contributed by atoms with van der Waals surface area (Å²) < 4.78 is 14.2. The average molecular weight is 305 g/mol. The molecule has 6 nitrogen and oxygen atoms in total. The number of aromatic carboxylic acids is 1. The van der Waals surface area contributed by atoms with E-state index in [4.69, 9.17) is 5.11 Å². The van der Waals surface area contributed by atoms with Crippen molar-refractivity contribution >= 4 is 39.1 Å².